The van der Waals surface area contributed by atoms with Gasteiger partial charge >= 0.3 is 0 Å². The molecular weight excluding hydrogens is 328 g/mol. The van der Waals surface area contributed by atoms with Gasteiger partial charge in [-0.25, -0.2) is 9.67 Å². The van der Waals surface area contributed by atoms with E-state index in [0.29, 0.717) is 28.6 Å². The maximum atomic E-state index is 12.1. The van der Waals surface area contributed by atoms with E-state index in [1.54, 1.807) is 31.4 Å². The lowest BCUT2D eigenvalue weighted by atomic mass is 10.3. The third-order valence-electron chi connectivity index (χ3n) is 3.36. The van der Waals surface area contributed by atoms with Crippen molar-refractivity contribution >= 4 is 17.2 Å². The molecule has 0 saturated carbocycles. The topological polar surface area (TPSA) is 90.0 Å². The number of carbonyl (C=O) groups excluding carboxylic acids is 1. The number of nitrogens with one attached hydrogen (secondary N) is 1. The zero-order valence-corrected chi connectivity index (χ0v) is 14.1. The lowest BCUT2D eigenvalue weighted by molar-refractivity contribution is 0.0955. The van der Waals surface area contributed by atoms with Crippen LogP contribution in [0.15, 0.2) is 39.7 Å². The van der Waals surface area contributed by atoms with Gasteiger partial charge in [0.15, 0.2) is 5.76 Å². The number of aryl methyl sites for hydroxylation is 2. The highest BCUT2D eigenvalue weighted by atomic mass is 32.1. The molecule has 3 aromatic heterocycles. The Morgan fingerprint density at radius 3 is 2.83 bits per heavy atom. The molecule has 0 fully saturated rings. The molecule has 3 heterocycles. The van der Waals surface area contributed by atoms with Crippen LogP contribution in [-0.2, 0) is 6.54 Å². The van der Waals surface area contributed by atoms with Crippen LogP contribution in [0.25, 0.3) is 11.5 Å². The average molecular weight is 344 g/mol. The number of thiazole rings is 1. The number of furan rings is 1. The van der Waals surface area contributed by atoms with Gasteiger partial charge in [-0.3, -0.25) is 9.59 Å². The molecule has 24 heavy (non-hydrogen) atoms. The van der Waals surface area contributed by atoms with Crippen molar-refractivity contribution in [2.24, 2.45) is 0 Å². The van der Waals surface area contributed by atoms with Crippen LogP contribution in [0.5, 0.6) is 0 Å². The lowest BCUT2D eigenvalue weighted by Crippen LogP contribution is -2.31. The molecule has 0 aliphatic rings. The molecule has 0 unspecified atom stereocenters. The van der Waals surface area contributed by atoms with Crippen molar-refractivity contribution in [3.63, 3.8) is 0 Å². The summed E-state index contributed by atoms with van der Waals surface area (Å²) < 4.78 is 6.59. The van der Waals surface area contributed by atoms with E-state index >= 15 is 0 Å². The molecule has 0 radical (unpaired) electrons. The van der Waals surface area contributed by atoms with Crippen LogP contribution in [0.1, 0.15) is 20.4 Å². The van der Waals surface area contributed by atoms with E-state index in [2.05, 4.69) is 15.4 Å². The largest absolute Gasteiger partial charge is 0.463 e. The molecule has 0 aromatic carbocycles. The zero-order valence-electron chi connectivity index (χ0n) is 13.3. The molecule has 0 atom stereocenters. The van der Waals surface area contributed by atoms with E-state index in [1.165, 1.54) is 22.1 Å². The quantitative estimate of drug-likeness (QED) is 0.764. The molecule has 124 valence electrons. The second kappa shape index (κ2) is 6.79. The Kier molecular flexibility index (Phi) is 4.57. The van der Waals surface area contributed by atoms with Gasteiger partial charge in [-0.05, 0) is 32.0 Å². The fourth-order valence-corrected chi connectivity index (χ4v) is 3.10. The summed E-state index contributed by atoms with van der Waals surface area (Å²) >= 11 is 1.35. The van der Waals surface area contributed by atoms with Crippen LogP contribution < -0.4 is 10.9 Å². The van der Waals surface area contributed by atoms with Crippen molar-refractivity contribution in [2.75, 3.05) is 6.54 Å². The van der Waals surface area contributed by atoms with Gasteiger partial charge in [-0.1, -0.05) is 0 Å². The van der Waals surface area contributed by atoms with Crippen LogP contribution in [-0.4, -0.2) is 27.2 Å². The highest BCUT2D eigenvalue weighted by Crippen LogP contribution is 2.17. The van der Waals surface area contributed by atoms with Crippen molar-refractivity contribution in [3.8, 4) is 11.5 Å². The molecule has 0 saturated heterocycles. The number of amides is 1. The van der Waals surface area contributed by atoms with Gasteiger partial charge < -0.3 is 9.73 Å². The Morgan fingerprint density at radius 2 is 2.17 bits per heavy atom. The first-order valence-corrected chi connectivity index (χ1v) is 8.20. The summed E-state index contributed by atoms with van der Waals surface area (Å²) in [4.78, 5) is 28.9. The summed E-state index contributed by atoms with van der Waals surface area (Å²) in [6.07, 6.45) is 1.55. The number of nitrogens with zero attached hydrogens (tertiary/aromatic N) is 3. The smallest absolute Gasteiger partial charge is 0.266 e. The molecule has 1 amide bonds. The standard InChI is InChI=1S/C16H16N4O3S/c1-10-15(24-11(2)18-10)16(22)17-7-8-20-14(21)6-5-12(19-20)13-4-3-9-23-13/h3-6,9H,7-8H2,1-2H3,(H,17,22). The minimum atomic E-state index is -0.232. The van der Waals surface area contributed by atoms with Crippen molar-refractivity contribution in [1.29, 1.82) is 0 Å². The van der Waals surface area contributed by atoms with E-state index < -0.39 is 0 Å². The fraction of sp³-hybridized carbons (Fsp3) is 0.250. The first-order valence-electron chi connectivity index (χ1n) is 7.39. The van der Waals surface area contributed by atoms with Crippen LogP contribution in [0.4, 0.5) is 0 Å². The summed E-state index contributed by atoms with van der Waals surface area (Å²) in [5.41, 5.74) is 1.05. The molecule has 8 heteroatoms. The van der Waals surface area contributed by atoms with Gasteiger partial charge in [0, 0.05) is 12.6 Å². The van der Waals surface area contributed by atoms with Crippen LogP contribution in [0.3, 0.4) is 0 Å². The number of hydrogen-bond acceptors (Lipinski definition) is 6. The molecular formula is C16H16N4O3S. The lowest BCUT2D eigenvalue weighted by Gasteiger charge is -2.07. The first-order chi connectivity index (χ1) is 11.5. The molecule has 3 aromatic rings. The minimum Gasteiger partial charge on any atom is -0.463 e. The molecule has 0 bridgehead atoms. The monoisotopic (exact) mass is 344 g/mol. The number of carbonyl (C=O) groups is 1. The minimum absolute atomic E-state index is 0.187. The normalized spacial score (nSPS) is 10.8. The predicted molar refractivity (Wildman–Crippen MR) is 90.1 cm³/mol. The van der Waals surface area contributed by atoms with E-state index in [9.17, 15) is 9.59 Å². The van der Waals surface area contributed by atoms with E-state index in [1.807, 2.05) is 6.92 Å². The summed E-state index contributed by atoms with van der Waals surface area (Å²) in [5.74, 6) is 0.400. The first kappa shape index (κ1) is 16.1. The Labute approximate surface area is 142 Å². The summed E-state index contributed by atoms with van der Waals surface area (Å²) in [6, 6.07) is 6.57. The molecule has 3 rings (SSSR count). The van der Waals surface area contributed by atoms with Crippen molar-refractivity contribution in [2.45, 2.75) is 20.4 Å². The van der Waals surface area contributed by atoms with E-state index in [-0.39, 0.29) is 18.0 Å². The Bertz CT molecular complexity index is 912. The molecule has 7 nitrogen and oxygen atoms in total. The maximum Gasteiger partial charge on any atom is 0.266 e. The van der Waals surface area contributed by atoms with Gasteiger partial charge in [0.2, 0.25) is 0 Å². The van der Waals surface area contributed by atoms with Crippen molar-refractivity contribution < 1.29 is 9.21 Å². The molecule has 1 N–H and O–H groups in total. The van der Waals surface area contributed by atoms with Crippen molar-refractivity contribution in [1.82, 2.24) is 20.1 Å². The van der Waals surface area contributed by atoms with Crippen LogP contribution in [0.2, 0.25) is 0 Å². The Hall–Kier alpha value is -2.74. The third kappa shape index (κ3) is 3.43. The van der Waals surface area contributed by atoms with Gasteiger partial charge in [0.1, 0.15) is 10.6 Å². The third-order valence-corrected chi connectivity index (χ3v) is 4.43. The fourth-order valence-electron chi connectivity index (χ4n) is 2.26. The second-order valence-electron chi connectivity index (χ2n) is 5.16. The van der Waals surface area contributed by atoms with E-state index in [4.69, 9.17) is 4.42 Å². The molecule has 0 spiro atoms. The number of aromatic nitrogens is 3. The van der Waals surface area contributed by atoms with Gasteiger partial charge in [-0.15, -0.1) is 11.3 Å². The summed E-state index contributed by atoms with van der Waals surface area (Å²) in [5, 5.41) is 7.90. The second-order valence-corrected chi connectivity index (χ2v) is 6.36. The average Bonchev–Trinajstić information content (AvgIpc) is 3.18. The SMILES string of the molecule is Cc1nc(C)c(C(=O)NCCn2nc(-c3ccco3)ccc2=O)s1. The molecule has 0 aliphatic carbocycles. The number of hydrogen-bond donors (Lipinski definition) is 1. The maximum absolute atomic E-state index is 12.1. The van der Waals surface area contributed by atoms with Crippen molar-refractivity contribution in [3.05, 3.63) is 56.5 Å². The van der Waals surface area contributed by atoms with Crippen LogP contribution >= 0.6 is 11.3 Å². The van der Waals surface area contributed by atoms with Gasteiger partial charge in [-0.2, -0.15) is 5.10 Å². The van der Waals surface area contributed by atoms with Gasteiger partial charge in [0.05, 0.1) is 23.5 Å². The highest BCUT2D eigenvalue weighted by molar-refractivity contribution is 7.13. The summed E-state index contributed by atoms with van der Waals surface area (Å²) in [7, 11) is 0. The van der Waals surface area contributed by atoms with E-state index in [0.717, 1.165) is 5.01 Å². The zero-order chi connectivity index (χ0) is 17.1. The molecule has 0 aliphatic heterocycles. The number of rotatable bonds is 5. The summed E-state index contributed by atoms with van der Waals surface area (Å²) in [6.45, 7) is 4.23. The predicted octanol–water partition coefficient (Wildman–Crippen LogP) is 2.01. The van der Waals surface area contributed by atoms with Gasteiger partial charge in [0.25, 0.3) is 11.5 Å². The Balaban J connectivity index is 1.66. The highest BCUT2D eigenvalue weighted by Gasteiger charge is 2.13. The Morgan fingerprint density at radius 1 is 1.33 bits per heavy atom. The van der Waals surface area contributed by atoms with Crippen LogP contribution in [0, 0.1) is 13.8 Å².